The molecule has 0 bridgehead atoms. The monoisotopic (exact) mass is 395 g/mol. The van der Waals surface area contributed by atoms with Crippen molar-refractivity contribution < 1.29 is 12.9 Å². The van der Waals surface area contributed by atoms with Gasteiger partial charge in [-0.15, -0.1) is 0 Å². The zero-order valence-corrected chi connectivity index (χ0v) is 17.3. The van der Waals surface area contributed by atoms with Crippen LogP contribution in [0.25, 0.3) is 0 Å². The van der Waals surface area contributed by atoms with E-state index in [0.29, 0.717) is 22.5 Å². The first-order valence-electron chi connectivity index (χ1n) is 8.77. The largest absolute Gasteiger partial charge is 0.338 e. The van der Waals surface area contributed by atoms with E-state index in [-0.39, 0.29) is 6.54 Å². The summed E-state index contributed by atoms with van der Waals surface area (Å²) in [6.07, 6.45) is 2.08. The Morgan fingerprint density at radius 3 is 2.38 bits per heavy atom. The number of hydrogen-bond donors (Lipinski definition) is 1. The topological polar surface area (TPSA) is 85.1 Å². The molecule has 0 amide bonds. The smallest absolute Gasteiger partial charge is 0.241 e. The molecule has 6 nitrogen and oxygen atoms in total. The second kappa shape index (κ2) is 7.70. The van der Waals surface area contributed by atoms with Crippen molar-refractivity contribution in [1.29, 1.82) is 0 Å². The molecule has 1 aliphatic heterocycles. The van der Waals surface area contributed by atoms with E-state index < -0.39 is 10.0 Å². The van der Waals surface area contributed by atoms with Gasteiger partial charge in [0, 0.05) is 5.92 Å². The Kier molecular flexibility index (Phi) is 5.74. The van der Waals surface area contributed by atoms with Gasteiger partial charge in [0.2, 0.25) is 15.9 Å². The molecule has 1 aliphatic rings. The van der Waals surface area contributed by atoms with Crippen molar-refractivity contribution in [2.24, 2.45) is 0 Å². The quantitative estimate of drug-likeness (QED) is 0.835. The number of sulfonamides is 1. The first-order chi connectivity index (χ1) is 12.3. The summed E-state index contributed by atoms with van der Waals surface area (Å²) in [6.45, 7) is 7.52. The van der Waals surface area contributed by atoms with E-state index in [1.807, 2.05) is 45.5 Å². The minimum atomic E-state index is -3.66. The predicted octanol–water partition coefficient (Wildman–Crippen LogP) is 3.39. The molecule has 2 aromatic rings. The molecular weight excluding hydrogens is 370 g/mol. The summed E-state index contributed by atoms with van der Waals surface area (Å²) in [5.41, 5.74) is 3.46. The molecule has 3 rings (SSSR count). The molecule has 0 spiro atoms. The average Bonchev–Trinajstić information content (AvgIpc) is 3.08. The van der Waals surface area contributed by atoms with E-state index in [0.717, 1.165) is 46.6 Å². The maximum absolute atomic E-state index is 12.9. The molecule has 1 fully saturated rings. The van der Waals surface area contributed by atoms with Gasteiger partial charge in [-0.1, -0.05) is 11.2 Å². The highest BCUT2D eigenvalue weighted by atomic mass is 32.2. The number of rotatable bonds is 5. The summed E-state index contributed by atoms with van der Waals surface area (Å²) in [5, 5.41) is 4.05. The van der Waals surface area contributed by atoms with Crippen LogP contribution < -0.4 is 4.72 Å². The van der Waals surface area contributed by atoms with Crippen LogP contribution in [0.15, 0.2) is 15.5 Å². The van der Waals surface area contributed by atoms with Gasteiger partial charge < -0.3 is 4.52 Å². The van der Waals surface area contributed by atoms with Crippen LogP contribution in [0.2, 0.25) is 0 Å². The standard InChI is InChI=1S/C18H25N3O3S2/c1-11-9-12(2)14(4)17(13(11)3)26(22,23)19-10-16-20-18(21-24-16)15-5-7-25-8-6-15/h9,15,19H,5-8,10H2,1-4H3. The molecule has 8 heteroatoms. The first kappa shape index (κ1) is 19.4. The van der Waals surface area contributed by atoms with Crippen LogP contribution in [0.5, 0.6) is 0 Å². The third kappa shape index (κ3) is 3.97. The van der Waals surface area contributed by atoms with Gasteiger partial charge in [-0.05, 0) is 74.3 Å². The van der Waals surface area contributed by atoms with Crippen molar-refractivity contribution in [1.82, 2.24) is 14.9 Å². The molecule has 0 radical (unpaired) electrons. The number of nitrogens with zero attached hydrogens (tertiary/aromatic N) is 2. The Labute approximate surface area is 159 Å². The van der Waals surface area contributed by atoms with Gasteiger partial charge in [0.05, 0.1) is 11.4 Å². The Hall–Kier alpha value is -1.38. The third-order valence-electron chi connectivity index (χ3n) is 5.05. The van der Waals surface area contributed by atoms with Gasteiger partial charge in [-0.2, -0.15) is 16.7 Å². The summed E-state index contributed by atoms with van der Waals surface area (Å²) < 4.78 is 33.6. The minimum absolute atomic E-state index is 0.00265. The maximum Gasteiger partial charge on any atom is 0.241 e. The lowest BCUT2D eigenvalue weighted by atomic mass is 10.0. The number of aromatic nitrogens is 2. The second-order valence-electron chi connectivity index (χ2n) is 6.85. The molecule has 2 heterocycles. The molecule has 0 atom stereocenters. The third-order valence-corrected chi connectivity index (χ3v) is 7.77. The van der Waals surface area contributed by atoms with Gasteiger partial charge in [-0.3, -0.25) is 0 Å². The van der Waals surface area contributed by atoms with Crippen molar-refractivity contribution >= 4 is 21.8 Å². The number of aryl methyl sites for hydroxylation is 2. The highest BCUT2D eigenvalue weighted by molar-refractivity contribution is 7.99. The molecule has 1 saturated heterocycles. The summed E-state index contributed by atoms with van der Waals surface area (Å²) in [5.74, 6) is 3.52. The number of nitrogens with one attached hydrogen (secondary N) is 1. The van der Waals surface area contributed by atoms with Gasteiger partial charge in [-0.25, -0.2) is 13.1 Å². The molecule has 1 N–H and O–H groups in total. The highest BCUT2D eigenvalue weighted by Gasteiger charge is 2.24. The Balaban J connectivity index is 1.76. The lowest BCUT2D eigenvalue weighted by Gasteiger charge is -2.17. The molecule has 0 saturated carbocycles. The lowest BCUT2D eigenvalue weighted by Crippen LogP contribution is -2.25. The van der Waals surface area contributed by atoms with Crippen LogP contribution in [0, 0.1) is 27.7 Å². The van der Waals surface area contributed by atoms with Crippen LogP contribution in [0.1, 0.15) is 52.7 Å². The highest BCUT2D eigenvalue weighted by Crippen LogP contribution is 2.30. The van der Waals surface area contributed by atoms with Crippen molar-refractivity contribution in [3.63, 3.8) is 0 Å². The van der Waals surface area contributed by atoms with E-state index in [1.165, 1.54) is 0 Å². The first-order valence-corrected chi connectivity index (χ1v) is 11.4. The summed E-state index contributed by atoms with van der Waals surface area (Å²) in [7, 11) is -3.66. The fraction of sp³-hybridized carbons (Fsp3) is 0.556. The fourth-order valence-electron chi connectivity index (χ4n) is 3.27. The van der Waals surface area contributed by atoms with E-state index in [4.69, 9.17) is 4.52 Å². The molecule has 1 aromatic heterocycles. The SMILES string of the molecule is Cc1cc(C)c(C)c(S(=O)(=O)NCc2nc(C3CCSCC3)no2)c1C. The molecule has 0 unspecified atom stereocenters. The second-order valence-corrected chi connectivity index (χ2v) is 9.78. The van der Waals surface area contributed by atoms with E-state index in [9.17, 15) is 8.42 Å². The molecule has 0 aliphatic carbocycles. The van der Waals surface area contributed by atoms with Crippen LogP contribution in [-0.2, 0) is 16.6 Å². The molecule has 26 heavy (non-hydrogen) atoms. The zero-order valence-electron chi connectivity index (χ0n) is 15.6. The van der Waals surface area contributed by atoms with Gasteiger partial charge in [0.1, 0.15) is 0 Å². The van der Waals surface area contributed by atoms with E-state index >= 15 is 0 Å². The van der Waals surface area contributed by atoms with Crippen molar-refractivity contribution in [3.05, 3.63) is 40.0 Å². The Morgan fingerprint density at radius 1 is 1.15 bits per heavy atom. The van der Waals surface area contributed by atoms with Gasteiger partial charge >= 0.3 is 0 Å². The maximum atomic E-state index is 12.9. The molecule has 142 valence electrons. The zero-order chi connectivity index (χ0) is 18.9. The van der Waals surface area contributed by atoms with Crippen LogP contribution in [0.4, 0.5) is 0 Å². The van der Waals surface area contributed by atoms with Crippen LogP contribution in [-0.4, -0.2) is 30.1 Å². The molecule has 1 aromatic carbocycles. The summed E-state index contributed by atoms with van der Waals surface area (Å²) in [4.78, 5) is 4.74. The number of benzene rings is 1. The predicted molar refractivity (Wildman–Crippen MR) is 103 cm³/mol. The number of thioether (sulfide) groups is 1. The Morgan fingerprint density at radius 2 is 1.77 bits per heavy atom. The van der Waals surface area contributed by atoms with Crippen molar-refractivity contribution in [2.45, 2.75) is 57.9 Å². The van der Waals surface area contributed by atoms with Crippen molar-refractivity contribution in [2.75, 3.05) is 11.5 Å². The normalized spacial score (nSPS) is 16.2. The van der Waals surface area contributed by atoms with Crippen LogP contribution >= 0.6 is 11.8 Å². The summed E-state index contributed by atoms with van der Waals surface area (Å²) in [6, 6.07) is 2.01. The minimum Gasteiger partial charge on any atom is -0.338 e. The van der Waals surface area contributed by atoms with Crippen LogP contribution in [0.3, 0.4) is 0 Å². The molecular formula is C18H25N3O3S2. The van der Waals surface area contributed by atoms with E-state index in [1.54, 1.807) is 0 Å². The Bertz CT molecular complexity index is 874. The summed E-state index contributed by atoms with van der Waals surface area (Å²) >= 11 is 1.94. The van der Waals surface area contributed by atoms with Gasteiger partial charge in [0.25, 0.3) is 0 Å². The fourth-order valence-corrected chi connectivity index (χ4v) is 5.97. The van der Waals surface area contributed by atoms with Gasteiger partial charge in [0.15, 0.2) is 5.82 Å². The average molecular weight is 396 g/mol. The lowest BCUT2D eigenvalue weighted by molar-refractivity contribution is 0.365. The van der Waals surface area contributed by atoms with E-state index in [2.05, 4.69) is 14.9 Å². The van der Waals surface area contributed by atoms with Crippen molar-refractivity contribution in [3.8, 4) is 0 Å². The number of hydrogen-bond acceptors (Lipinski definition) is 6.